The van der Waals surface area contributed by atoms with Crippen molar-refractivity contribution in [2.45, 2.75) is 50.6 Å². The molecule has 0 amide bonds. The van der Waals surface area contributed by atoms with Crippen LogP contribution in [-0.4, -0.2) is 79.0 Å². The van der Waals surface area contributed by atoms with Gasteiger partial charge in [-0.15, -0.1) is 0 Å². The summed E-state index contributed by atoms with van der Waals surface area (Å²) in [5.74, 6) is 0. The van der Waals surface area contributed by atoms with Crippen LogP contribution in [0.2, 0.25) is 0 Å². The fourth-order valence-corrected chi connectivity index (χ4v) is 3.03. The number of hydrogen-bond donors (Lipinski definition) is 2. The van der Waals surface area contributed by atoms with Crippen LogP contribution in [0.15, 0.2) is 0 Å². The van der Waals surface area contributed by atoms with Crippen LogP contribution in [0.25, 0.3) is 0 Å². The minimum Gasteiger partial charge on any atom is -0.382 e. The Bertz CT molecular complexity index is 243. The normalized spacial score (nSPS) is 21.2. The van der Waals surface area contributed by atoms with E-state index in [1.54, 1.807) is 14.2 Å². The zero-order valence-electron chi connectivity index (χ0n) is 15.7. The Morgan fingerprint density at radius 3 is 1.54 bits per heavy atom. The van der Waals surface area contributed by atoms with Crippen molar-refractivity contribution < 1.29 is 18.9 Å². The molecule has 2 atom stereocenters. The minimum absolute atomic E-state index is 0.590. The maximum absolute atomic E-state index is 5.51. The van der Waals surface area contributed by atoms with E-state index in [-0.39, 0.29) is 0 Å². The maximum atomic E-state index is 5.51. The largest absolute Gasteiger partial charge is 0.382 e. The van der Waals surface area contributed by atoms with Crippen LogP contribution in [-0.2, 0) is 18.9 Å². The molecule has 0 bridgehead atoms. The molecule has 2 N–H and O–H groups in total. The molecule has 0 aromatic rings. The van der Waals surface area contributed by atoms with Gasteiger partial charge in [0.25, 0.3) is 0 Å². The molecule has 0 radical (unpaired) electrons. The van der Waals surface area contributed by atoms with Gasteiger partial charge >= 0.3 is 0 Å². The van der Waals surface area contributed by atoms with E-state index in [1.165, 1.54) is 25.7 Å². The second-order valence-electron chi connectivity index (χ2n) is 6.32. The first-order chi connectivity index (χ1) is 11.9. The molecule has 144 valence electrons. The lowest BCUT2D eigenvalue weighted by Gasteiger charge is -2.33. The molecule has 1 aliphatic rings. The smallest absolute Gasteiger partial charge is 0.0700 e. The molecular formula is C18H38N2O4. The van der Waals surface area contributed by atoms with Crippen LogP contribution in [0, 0.1) is 0 Å². The lowest BCUT2D eigenvalue weighted by molar-refractivity contribution is 0.0681. The summed E-state index contributed by atoms with van der Waals surface area (Å²) in [7, 11) is 3.40. The van der Waals surface area contributed by atoms with Gasteiger partial charge in [-0.1, -0.05) is 12.8 Å². The number of ether oxygens (including phenoxy) is 4. The molecule has 0 unspecified atom stereocenters. The van der Waals surface area contributed by atoms with Gasteiger partial charge in [0.05, 0.1) is 26.4 Å². The molecule has 1 fully saturated rings. The molecular weight excluding hydrogens is 308 g/mol. The highest BCUT2D eigenvalue weighted by Crippen LogP contribution is 2.18. The molecule has 0 aliphatic heterocycles. The summed E-state index contributed by atoms with van der Waals surface area (Å²) in [5, 5.41) is 7.42. The van der Waals surface area contributed by atoms with Crippen molar-refractivity contribution >= 4 is 0 Å². The van der Waals surface area contributed by atoms with Crippen molar-refractivity contribution in [1.29, 1.82) is 0 Å². The lowest BCUT2D eigenvalue weighted by atomic mass is 9.90. The highest BCUT2D eigenvalue weighted by molar-refractivity contribution is 4.86. The topological polar surface area (TPSA) is 61.0 Å². The summed E-state index contributed by atoms with van der Waals surface area (Å²) in [6.07, 6.45) is 7.32. The first kappa shape index (κ1) is 21.8. The Morgan fingerprint density at radius 1 is 0.667 bits per heavy atom. The molecule has 1 saturated carbocycles. The van der Waals surface area contributed by atoms with Gasteiger partial charge in [0.2, 0.25) is 0 Å². The third-order valence-electron chi connectivity index (χ3n) is 4.37. The summed E-state index contributed by atoms with van der Waals surface area (Å²) >= 11 is 0. The predicted molar refractivity (Wildman–Crippen MR) is 96.7 cm³/mol. The van der Waals surface area contributed by atoms with E-state index < -0.39 is 0 Å². The highest BCUT2D eigenvalue weighted by atomic mass is 16.5. The van der Waals surface area contributed by atoms with Gasteiger partial charge in [0, 0.05) is 39.5 Å². The van der Waals surface area contributed by atoms with Crippen molar-refractivity contribution in [1.82, 2.24) is 10.6 Å². The van der Waals surface area contributed by atoms with Crippen molar-refractivity contribution in [3.05, 3.63) is 0 Å². The van der Waals surface area contributed by atoms with E-state index in [0.717, 1.165) is 39.1 Å². The first-order valence-corrected chi connectivity index (χ1v) is 9.48. The van der Waals surface area contributed by atoms with Gasteiger partial charge in [0.15, 0.2) is 0 Å². The Kier molecular flexibility index (Phi) is 14.8. The van der Waals surface area contributed by atoms with E-state index in [4.69, 9.17) is 18.9 Å². The fourth-order valence-electron chi connectivity index (χ4n) is 3.03. The molecule has 6 nitrogen and oxygen atoms in total. The SMILES string of the molecule is COCCOCCCN[C@H]1CCCC[C@@H]1NCCCOCCOC. The monoisotopic (exact) mass is 346 g/mol. The van der Waals surface area contributed by atoms with Crippen molar-refractivity contribution in [3.63, 3.8) is 0 Å². The van der Waals surface area contributed by atoms with E-state index in [2.05, 4.69) is 10.6 Å². The second-order valence-corrected chi connectivity index (χ2v) is 6.32. The van der Waals surface area contributed by atoms with E-state index in [9.17, 15) is 0 Å². The minimum atomic E-state index is 0.590. The number of nitrogens with one attached hydrogen (secondary N) is 2. The molecule has 1 rings (SSSR count). The van der Waals surface area contributed by atoms with Crippen molar-refractivity contribution in [2.24, 2.45) is 0 Å². The van der Waals surface area contributed by atoms with Crippen LogP contribution < -0.4 is 10.6 Å². The van der Waals surface area contributed by atoms with Crippen LogP contribution in [0.3, 0.4) is 0 Å². The third kappa shape index (κ3) is 11.3. The molecule has 6 heteroatoms. The van der Waals surface area contributed by atoms with Crippen molar-refractivity contribution in [3.8, 4) is 0 Å². The second kappa shape index (κ2) is 16.2. The predicted octanol–water partition coefficient (Wildman–Crippen LogP) is 1.58. The Labute approximate surface area is 147 Å². The van der Waals surface area contributed by atoms with Gasteiger partial charge < -0.3 is 29.6 Å². The summed E-state index contributed by atoms with van der Waals surface area (Å²) in [4.78, 5) is 0. The summed E-state index contributed by atoms with van der Waals surface area (Å²) in [6, 6.07) is 1.18. The van der Waals surface area contributed by atoms with Crippen molar-refractivity contribution in [2.75, 3.05) is 67.0 Å². The molecule has 0 aromatic carbocycles. The molecule has 24 heavy (non-hydrogen) atoms. The molecule has 0 aromatic heterocycles. The quantitative estimate of drug-likeness (QED) is 0.414. The average molecular weight is 347 g/mol. The Hall–Kier alpha value is -0.240. The standard InChI is InChI=1S/C18H38N2O4/c1-21-13-15-23-11-5-9-19-17-7-3-4-8-18(17)20-10-6-12-24-16-14-22-2/h17-20H,3-16H2,1-2H3/t17-,18-/m0/s1. The molecule has 0 heterocycles. The fraction of sp³-hybridized carbons (Fsp3) is 1.00. The zero-order chi connectivity index (χ0) is 17.3. The first-order valence-electron chi connectivity index (χ1n) is 9.48. The average Bonchev–Trinajstić information content (AvgIpc) is 2.61. The summed E-state index contributed by atoms with van der Waals surface area (Å²) in [6.45, 7) is 6.40. The lowest BCUT2D eigenvalue weighted by Crippen LogP contribution is -2.50. The maximum Gasteiger partial charge on any atom is 0.0700 e. The van der Waals surface area contributed by atoms with Gasteiger partial charge in [-0.25, -0.2) is 0 Å². The van der Waals surface area contributed by atoms with Crippen LogP contribution in [0.5, 0.6) is 0 Å². The van der Waals surface area contributed by atoms with E-state index in [0.29, 0.717) is 38.5 Å². The van der Waals surface area contributed by atoms with Crippen LogP contribution in [0.4, 0.5) is 0 Å². The van der Waals surface area contributed by atoms with Gasteiger partial charge in [-0.05, 0) is 38.8 Å². The Morgan fingerprint density at radius 2 is 1.12 bits per heavy atom. The number of methoxy groups -OCH3 is 2. The van der Waals surface area contributed by atoms with Crippen LogP contribution in [0.1, 0.15) is 38.5 Å². The summed E-state index contributed by atoms with van der Waals surface area (Å²) < 4.78 is 20.9. The van der Waals surface area contributed by atoms with E-state index >= 15 is 0 Å². The number of hydrogen-bond acceptors (Lipinski definition) is 6. The number of rotatable bonds is 16. The molecule has 0 spiro atoms. The highest BCUT2D eigenvalue weighted by Gasteiger charge is 2.23. The van der Waals surface area contributed by atoms with Gasteiger partial charge in [0.1, 0.15) is 0 Å². The van der Waals surface area contributed by atoms with Gasteiger partial charge in [-0.3, -0.25) is 0 Å². The zero-order valence-corrected chi connectivity index (χ0v) is 15.7. The van der Waals surface area contributed by atoms with E-state index in [1.807, 2.05) is 0 Å². The third-order valence-corrected chi connectivity index (χ3v) is 4.37. The molecule has 1 aliphatic carbocycles. The Balaban J connectivity index is 2.02. The summed E-state index contributed by atoms with van der Waals surface area (Å²) in [5.41, 5.74) is 0. The molecule has 0 saturated heterocycles. The van der Waals surface area contributed by atoms with Gasteiger partial charge in [-0.2, -0.15) is 0 Å². The van der Waals surface area contributed by atoms with Crippen LogP contribution >= 0.6 is 0 Å².